The van der Waals surface area contributed by atoms with Gasteiger partial charge in [0.05, 0.1) is 34.9 Å². The number of aliphatic hydroxyl groups excluding tert-OH is 1. The molecule has 2 N–H and O–H groups in total. The van der Waals surface area contributed by atoms with E-state index in [1.165, 1.54) is 23.5 Å². The number of aromatic nitrogens is 1. The van der Waals surface area contributed by atoms with E-state index in [0.717, 1.165) is 32.8 Å². The van der Waals surface area contributed by atoms with Crippen molar-refractivity contribution in [1.29, 1.82) is 0 Å². The zero-order chi connectivity index (χ0) is 21.6. The summed E-state index contributed by atoms with van der Waals surface area (Å²) in [7, 11) is -3.84. The Morgan fingerprint density at radius 2 is 2.17 bits per heavy atom. The van der Waals surface area contributed by atoms with Gasteiger partial charge in [0.1, 0.15) is 12.4 Å². The van der Waals surface area contributed by atoms with Crippen LogP contribution in [-0.4, -0.2) is 69.0 Å². The molecule has 2 aromatic rings. The van der Waals surface area contributed by atoms with Gasteiger partial charge in [0.25, 0.3) is 10.0 Å². The molecule has 0 amide bonds. The lowest BCUT2D eigenvalue weighted by molar-refractivity contribution is 0.0322. The number of hydrogen-bond donors (Lipinski definition) is 2. The first kappa shape index (κ1) is 23.2. The molecule has 3 rings (SSSR count). The van der Waals surface area contributed by atoms with Crippen molar-refractivity contribution in [1.82, 2.24) is 9.88 Å². The maximum atomic E-state index is 12.7. The molecule has 11 heteroatoms. The first-order chi connectivity index (χ1) is 14.4. The summed E-state index contributed by atoms with van der Waals surface area (Å²) in [4.78, 5) is 6.50. The predicted octanol–water partition coefficient (Wildman–Crippen LogP) is 2.62. The van der Waals surface area contributed by atoms with Crippen molar-refractivity contribution in [2.24, 2.45) is 0 Å². The average Bonchev–Trinajstić information content (AvgIpc) is 3.15. The second kappa shape index (κ2) is 10.7. The molecule has 8 nitrogen and oxygen atoms in total. The van der Waals surface area contributed by atoms with Crippen molar-refractivity contribution < 1.29 is 23.0 Å². The average molecular weight is 476 g/mol. The lowest BCUT2D eigenvalue weighted by atomic mass is 10.2. The lowest BCUT2D eigenvalue weighted by Gasteiger charge is -2.26. The Bertz CT molecular complexity index is 932. The van der Waals surface area contributed by atoms with Crippen LogP contribution in [0.5, 0.6) is 5.75 Å². The number of halogens is 1. The third-order valence-corrected chi connectivity index (χ3v) is 7.24. The third-order valence-electron chi connectivity index (χ3n) is 4.67. The number of nitrogens with zero attached hydrogens (tertiary/aromatic N) is 2. The smallest absolute Gasteiger partial charge is 0.263 e. The molecule has 0 aliphatic carbocycles. The minimum absolute atomic E-state index is 0.0263. The quantitative estimate of drug-likeness (QED) is 0.544. The number of hydrogen-bond acceptors (Lipinski definition) is 8. The fourth-order valence-corrected chi connectivity index (χ4v) is 5.18. The third kappa shape index (κ3) is 6.53. The van der Waals surface area contributed by atoms with Gasteiger partial charge in [0.2, 0.25) is 0 Å². The van der Waals surface area contributed by atoms with Crippen molar-refractivity contribution in [3.63, 3.8) is 0 Å². The van der Waals surface area contributed by atoms with Crippen molar-refractivity contribution in [3.8, 4) is 5.75 Å². The number of benzene rings is 1. The molecule has 0 radical (unpaired) electrons. The molecule has 1 unspecified atom stereocenters. The summed E-state index contributed by atoms with van der Waals surface area (Å²) in [6.07, 6.45) is 0.501. The van der Waals surface area contributed by atoms with E-state index in [1.807, 2.05) is 6.92 Å². The van der Waals surface area contributed by atoms with Crippen LogP contribution in [0.2, 0.25) is 5.02 Å². The summed E-state index contributed by atoms with van der Waals surface area (Å²) < 4.78 is 38.8. The SMILES string of the molecule is CCC(O)Cc1csc(NS(=O)(=O)c2ccc(OCCN3CCOCC3)c(Cl)c2)n1. The fraction of sp³-hybridized carbons (Fsp3) is 0.526. The maximum Gasteiger partial charge on any atom is 0.263 e. The van der Waals surface area contributed by atoms with Crippen LogP contribution in [-0.2, 0) is 21.2 Å². The van der Waals surface area contributed by atoms with E-state index in [2.05, 4.69) is 14.6 Å². The van der Waals surface area contributed by atoms with Gasteiger partial charge in [-0.3, -0.25) is 9.62 Å². The van der Waals surface area contributed by atoms with E-state index >= 15 is 0 Å². The highest BCUT2D eigenvalue weighted by atomic mass is 35.5. The van der Waals surface area contributed by atoms with E-state index in [-0.39, 0.29) is 15.0 Å². The van der Waals surface area contributed by atoms with Crippen LogP contribution in [0.1, 0.15) is 19.0 Å². The molecule has 1 atom stereocenters. The first-order valence-corrected chi connectivity index (χ1v) is 12.5. The highest BCUT2D eigenvalue weighted by molar-refractivity contribution is 7.93. The van der Waals surface area contributed by atoms with Gasteiger partial charge < -0.3 is 14.6 Å². The van der Waals surface area contributed by atoms with E-state index in [4.69, 9.17) is 21.1 Å². The van der Waals surface area contributed by atoms with E-state index in [9.17, 15) is 13.5 Å². The van der Waals surface area contributed by atoms with Gasteiger partial charge in [-0.15, -0.1) is 11.3 Å². The van der Waals surface area contributed by atoms with Gasteiger partial charge in [-0.25, -0.2) is 13.4 Å². The number of sulfonamides is 1. The predicted molar refractivity (Wildman–Crippen MR) is 117 cm³/mol. The number of rotatable bonds is 10. The molecule has 1 aliphatic heterocycles. The Balaban J connectivity index is 1.58. The number of ether oxygens (including phenoxy) is 2. The second-order valence-electron chi connectivity index (χ2n) is 6.91. The Morgan fingerprint density at radius 3 is 2.87 bits per heavy atom. The molecule has 1 aromatic heterocycles. The summed E-state index contributed by atoms with van der Waals surface area (Å²) in [6, 6.07) is 4.37. The highest BCUT2D eigenvalue weighted by Gasteiger charge is 2.19. The Hall–Kier alpha value is -1.43. The molecule has 2 heterocycles. The normalized spacial score (nSPS) is 16.4. The highest BCUT2D eigenvalue weighted by Crippen LogP contribution is 2.29. The van der Waals surface area contributed by atoms with Crippen molar-refractivity contribution >= 4 is 38.1 Å². The molecular formula is C19H26ClN3O5S2. The van der Waals surface area contributed by atoms with Crippen LogP contribution < -0.4 is 9.46 Å². The van der Waals surface area contributed by atoms with E-state index in [0.29, 0.717) is 30.9 Å². The molecule has 30 heavy (non-hydrogen) atoms. The Morgan fingerprint density at radius 1 is 1.40 bits per heavy atom. The molecule has 0 saturated carbocycles. The van der Waals surface area contributed by atoms with Crippen molar-refractivity contribution in [2.45, 2.75) is 30.8 Å². The topological polar surface area (TPSA) is 101 Å². The van der Waals surface area contributed by atoms with Gasteiger partial charge in [0.15, 0.2) is 5.13 Å². The van der Waals surface area contributed by atoms with Crippen molar-refractivity contribution in [2.75, 3.05) is 44.2 Å². The minimum atomic E-state index is -3.84. The summed E-state index contributed by atoms with van der Waals surface area (Å²) in [6.45, 7) is 6.27. The number of morpholine rings is 1. The molecule has 1 fully saturated rings. The first-order valence-electron chi connectivity index (χ1n) is 9.75. The molecule has 1 aromatic carbocycles. The molecule has 166 valence electrons. The van der Waals surface area contributed by atoms with Gasteiger partial charge in [-0.1, -0.05) is 18.5 Å². The molecule has 1 aliphatic rings. The van der Waals surface area contributed by atoms with Gasteiger partial charge in [0, 0.05) is 31.4 Å². The van der Waals surface area contributed by atoms with Crippen LogP contribution in [0.3, 0.4) is 0 Å². The van der Waals surface area contributed by atoms with Gasteiger partial charge in [-0.05, 0) is 24.6 Å². The molecular weight excluding hydrogens is 450 g/mol. The lowest BCUT2D eigenvalue weighted by Crippen LogP contribution is -2.38. The van der Waals surface area contributed by atoms with Crippen LogP contribution in [0.25, 0.3) is 0 Å². The van der Waals surface area contributed by atoms with Crippen LogP contribution >= 0.6 is 22.9 Å². The fourth-order valence-electron chi connectivity index (χ4n) is 2.88. The van der Waals surface area contributed by atoms with Gasteiger partial charge in [-0.2, -0.15) is 0 Å². The summed E-state index contributed by atoms with van der Waals surface area (Å²) in [5, 5.41) is 11.9. The molecule has 1 saturated heterocycles. The van der Waals surface area contributed by atoms with Gasteiger partial charge >= 0.3 is 0 Å². The largest absolute Gasteiger partial charge is 0.491 e. The number of anilines is 1. The standard InChI is InChI=1S/C19H26ClN3O5S2/c1-2-15(24)11-14-13-29-19(21-14)22-30(25,26)16-3-4-18(17(20)12-16)28-10-7-23-5-8-27-9-6-23/h3-4,12-13,15,24H,2,5-11H2,1H3,(H,21,22). The monoisotopic (exact) mass is 475 g/mol. The number of nitrogens with one attached hydrogen (secondary N) is 1. The number of thiazole rings is 1. The Kier molecular flexibility index (Phi) is 8.32. The van der Waals surface area contributed by atoms with E-state index < -0.39 is 16.1 Å². The minimum Gasteiger partial charge on any atom is -0.491 e. The number of aliphatic hydroxyl groups is 1. The Labute approximate surface area is 185 Å². The van der Waals surface area contributed by atoms with Crippen molar-refractivity contribution in [3.05, 3.63) is 34.3 Å². The zero-order valence-corrected chi connectivity index (χ0v) is 19.1. The molecule has 0 bridgehead atoms. The van der Waals surface area contributed by atoms with Crippen LogP contribution in [0.4, 0.5) is 5.13 Å². The maximum absolute atomic E-state index is 12.7. The van der Waals surface area contributed by atoms with E-state index in [1.54, 1.807) is 11.4 Å². The molecule has 0 spiro atoms. The second-order valence-corrected chi connectivity index (χ2v) is 9.86. The summed E-state index contributed by atoms with van der Waals surface area (Å²) in [5.41, 5.74) is 0.647. The van der Waals surface area contributed by atoms with Crippen LogP contribution in [0.15, 0.2) is 28.5 Å². The summed E-state index contributed by atoms with van der Waals surface area (Å²) in [5.74, 6) is 0.439. The summed E-state index contributed by atoms with van der Waals surface area (Å²) >= 11 is 7.42. The van der Waals surface area contributed by atoms with Crippen LogP contribution in [0, 0.1) is 0 Å². The zero-order valence-electron chi connectivity index (χ0n) is 16.7.